The minimum Gasteiger partial charge on any atom is -0.355 e. The topological polar surface area (TPSA) is 70.2 Å². The predicted molar refractivity (Wildman–Crippen MR) is 112 cm³/mol. The first-order valence-electron chi connectivity index (χ1n) is 9.45. The van der Waals surface area contributed by atoms with Gasteiger partial charge in [0.1, 0.15) is 10.8 Å². The molecule has 2 heterocycles. The third kappa shape index (κ3) is 5.85. The van der Waals surface area contributed by atoms with Gasteiger partial charge in [-0.1, -0.05) is 24.6 Å². The summed E-state index contributed by atoms with van der Waals surface area (Å²) >= 11 is 1.70. The van der Waals surface area contributed by atoms with Crippen LogP contribution >= 0.6 is 11.8 Å². The second-order valence-electron chi connectivity index (χ2n) is 6.80. The van der Waals surface area contributed by atoms with Gasteiger partial charge < -0.3 is 15.5 Å². The Balaban J connectivity index is 1.50. The van der Waals surface area contributed by atoms with E-state index in [1.54, 1.807) is 11.8 Å². The molecule has 1 aromatic carbocycles. The zero-order valence-electron chi connectivity index (χ0n) is 15.9. The van der Waals surface area contributed by atoms with Gasteiger partial charge in [0.25, 0.3) is 0 Å². The van der Waals surface area contributed by atoms with E-state index in [2.05, 4.69) is 27.4 Å². The number of aromatic nitrogens is 2. The molecule has 1 aliphatic heterocycles. The number of aryl methyl sites for hydroxylation is 1. The van der Waals surface area contributed by atoms with Crippen LogP contribution in [0, 0.1) is 12.8 Å². The first-order valence-corrected chi connectivity index (χ1v) is 10.4. The van der Waals surface area contributed by atoms with E-state index < -0.39 is 0 Å². The number of nitrogens with zero attached hydrogens (tertiary/aromatic N) is 3. The Kier molecular flexibility index (Phi) is 6.92. The Morgan fingerprint density at radius 2 is 2.11 bits per heavy atom. The van der Waals surface area contributed by atoms with Crippen molar-refractivity contribution in [2.45, 2.75) is 31.7 Å². The van der Waals surface area contributed by atoms with Gasteiger partial charge in [0.05, 0.1) is 12.4 Å². The van der Waals surface area contributed by atoms with Crippen molar-refractivity contribution in [3.05, 3.63) is 42.2 Å². The Labute approximate surface area is 165 Å². The van der Waals surface area contributed by atoms with Crippen LogP contribution in [0.15, 0.2) is 41.7 Å². The fraction of sp³-hybridized carbons (Fsp3) is 0.450. The SMILES string of the molecule is CCSc1cncc(N2CCCC(CNC(=O)Nc3ccc(C)cc3)C2)n1. The van der Waals surface area contributed by atoms with E-state index >= 15 is 0 Å². The van der Waals surface area contributed by atoms with E-state index in [1.807, 2.05) is 43.6 Å². The lowest BCUT2D eigenvalue weighted by atomic mass is 9.98. The molecule has 0 aliphatic carbocycles. The van der Waals surface area contributed by atoms with Gasteiger partial charge in [-0.2, -0.15) is 0 Å². The molecule has 0 radical (unpaired) electrons. The first-order chi connectivity index (χ1) is 13.1. The molecule has 1 fully saturated rings. The van der Waals surface area contributed by atoms with Gasteiger partial charge in [0.2, 0.25) is 0 Å². The maximum absolute atomic E-state index is 12.1. The van der Waals surface area contributed by atoms with Crippen LogP contribution in [0.5, 0.6) is 0 Å². The number of rotatable bonds is 6. The summed E-state index contributed by atoms with van der Waals surface area (Å²) in [5.41, 5.74) is 1.98. The summed E-state index contributed by atoms with van der Waals surface area (Å²) in [4.78, 5) is 23.5. The number of benzene rings is 1. The highest BCUT2D eigenvalue weighted by Crippen LogP contribution is 2.23. The van der Waals surface area contributed by atoms with Crippen molar-refractivity contribution in [1.29, 1.82) is 0 Å². The number of amides is 2. The number of carbonyl (C=O) groups excluding carboxylic acids is 1. The van der Waals surface area contributed by atoms with Gasteiger partial charge in [-0.15, -0.1) is 11.8 Å². The minimum absolute atomic E-state index is 0.155. The molecule has 1 unspecified atom stereocenters. The highest BCUT2D eigenvalue weighted by Gasteiger charge is 2.22. The molecule has 6 nitrogen and oxygen atoms in total. The Bertz CT molecular complexity index is 752. The fourth-order valence-electron chi connectivity index (χ4n) is 3.20. The van der Waals surface area contributed by atoms with Crippen LogP contribution in [-0.2, 0) is 0 Å². The largest absolute Gasteiger partial charge is 0.355 e. The lowest BCUT2D eigenvalue weighted by molar-refractivity contribution is 0.249. The van der Waals surface area contributed by atoms with Crippen molar-refractivity contribution >= 4 is 29.3 Å². The van der Waals surface area contributed by atoms with Crippen LogP contribution in [0.2, 0.25) is 0 Å². The molecule has 1 aromatic heterocycles. The standard InChI is InChI=1S/C20H27N5OS/c1-3-27-19-13-21-12-18(24-19)25-10-4-5-16(14-25)11-22-20(26)23-17-8-6-15(2)7-9-17/h6-9,12-13,16H,3-5,10-11,14H2,1-2H3,(H2,22,23,26). The number of hydrogen-bond donors (Lipinski definition) is 2. The zero-order valence-corrected chi connectivity index (χ0v) is 16.8. The van der Waals surface area contributed by atoms with Crippen molar-refractivity contribution in [3.8, 4) is 0 Å². The lowest BCUT2D eigenvalue weighted by Gasteiger charge is -2.33. The van der Waals surface area contributed by atoms with E-state index in [4.69, 9.17) is 4.98 Å². The number of anilines is 2. The Morgan fingerprint density at radius 3 is 2.89 bits per heavy atom. The van der Waals surface area contributed by atoms with Crippen molar-refractivity contribution in [2.24, 2.45) is 5.92 Å². The van der Waals surface area contributed by atoms with E-state index in [0.29, 0.717) is 12.5 Å². The summed E-state index contributed by atoms with van der Waals surface area (Å²) in [6, 6.07) is 7.65. The maximum atomic E-state index is 12.1. The number of urea groups is 1. The number of thioether (sulfide) groups is 1. The molecule has 0 saturated carbocycles. The van der Waals surface area contributed by atoms with Crippen molar-refractivity contribution in [3.63, 3.8) is 0 Å². The summed E-state index contributed by atoms with van der Waals surface area (Å²) in [5, 5.41) is 6.85. The van der Waals surface area contributed by atoms with Gasteiger partial charge >= 0.3 is 6.03 Å². The molecule has 7 heteroatoms. The highest BCUT2D eigenvalue weighted by atomic mass is 32.2. The Hall–Kier alpha value is -2.28. The molecule has 0 bridgehead atoms. The summed E-state index contributed by atoms with van der Waals surface area (Å²) in [7, 11) is 0. The van der Waals surface area contributed by atoms with Gasteiger partial charge in [-0.25, -0.2) is 9.78 Å². The van der Waals surface area contributed by atoms with E-state index in [-0.39, 0.29) is 6.03 Å². The van der Waals surface area contributed by atoms with Crippen LogP contribution in [0.4, 0.5) is 16.3 Å². The number of carbonyl (C=O) groups is 1. The van der Waals surface area contributed by atoms with Crippen LogP contribution in [0.1, 0.15) is 25.3 Å². The smallest absolute Gasteiger partial charge is 0.319 e. The molecule has 1 atom stereocenters. The predicted octanol–water partition coefficient (Wildman–Crippen LogP) is 3.94. The molecule has 3 rings (SSSR count). The average molecular weight is 386 g/mol. The number of hydrogen-bond acceptors (Lipinski definition) is 5. The van der Waals surface area contributed by atoms with Crippen LogP contribution in [0.25, 0.3) is 0 Å². The number of piperidine rings is 1. The first kappa shape index (κ1) is 19.5. The number of nitrogens with one attached hydrogen (secondary N) is 2. The van der Waals surface area contributed by atoms with Gasteiger partial charge in [-0.05, 0) is 43.6 Å². The second kappa shape index (κ2) is 9.60. The quantitative estimate of drug-likeness (QED) is 0.737. The monoisotopic (exact) mass is 385 g/mol. The van der Waals surface area contributed by atoms with Gasteiger partial charge in [0.15, 0.2) is 0 Å². The normalized spacial score (nSPS) is 16.8. The molecule has 1 saturated heterocycles. The van der Waals surface area contributed by atoms with Crippen molar-refractivity contribution in [2.75, 3.05) is 35.6 Å². The average Bonchev–Trinajstić information content (AvgIpc) is 2.69. The molecule has 27 heavy (non-hydrogen) atoms. The van der Waals surface area contributed by atoms with E-state index in [9.17, 15) is 4.79 Å². The van der Waals surface area contributed by atoms with E-state index in [0.717, 1.165) is 48.2 Å². The zero-order chi connectivity index (χ0) is 19.1. The molecule has 0 spiro atoms. The van der Waals surface area contributed by atoms with Crippen LogP contribution in [-0.4, -0.2) is 41.4 Å². The van der Waals surface area contributed by atoms with Crippen molar-refractivity contribution < 1.29 is 4.79 Å². The van der Waals surface area contributed by atoms with Gasteiger partial charge in [-0.3, -0.25) is 4.98 Å². The van der Waals surface area contributed by atoms with Crippen LogP contribution in [0.3, 0.4) is 0 Å². The molecule has 2 amide bonds. The molecule has 1 aliphatic rings. The molecule has 144 valence electrons. The highest BCUT2D eigenvalue weighted by molar-refractivity contribution is 7.99. The summed E-state index contributed by atoms with van der Waals surface area (Å²) in [6.07, 6.45) is 5.85. The summed E-state index contributed by atoms with van der Waals surface area (Å²) < 4.78 is 0. The second-order valence-corrected chi connectivity index (χ2v) is 8.09. The van der Waals surface area contributed by atoms with E-state index in [1.165, 1.54) is 5.56 Å². The molecular formula is C20H27N5OS. The minimum atomic E-state index is -0.155. The van der Waals surface area contributed by atoms with Crippen LogP contribution < -0.4 is 15.5 Å². The summed E-state index contributed by atoms with van der Waals surface area (Å²) in [6.45, 7) is 6.68. The molecule has 2 aromatic rings. The maximum Gasteiger partial charge on any atom is 0.319 e. The third-order valence-electron chi connectivity index (χ3n) is 4.60. The fourth-order valence-corrected chi connectivity index (χ4v) is 3.79. The van der Waals surface area contributed by atoms with Crippen molar-refractivity contribution in [1.82, 2.24) is 15.3 Å². The Morgan fingerprint density at radius 1 is 1.30 bits per heavy atom. The summed E-state index contributed by atoms with van der Waals surface area (Å²) in [5.74, 6) is 2.33. The lowest BCUT2D eigenvalue weighted by Crippen LogP contribution is -2.42. The third-order valence-corrected chi connectivity index (χ3v) is 5.38. The molecule has 2 N–H and O–H groups in total. The molecular weight excluding hydrogens is 358 g/mol. The van der Waals surface area contributed by atoms with Gasteiger partial charge in [0, 0.05) is 25.3 Å².